The average Bonchev–Trinajstić information content (AvgIpc) is 3.40. The Morgan fingerprint density at radius 2 is 1.79 bits per heavy atom. The molecule has 1 saturated heterocycles. The van der Waals surface area contributed by atoms with Gasteiger partial charge in [-0.15, -0.1) is 0 Å². The number of halogens is 3. The van der Waals surface area contributed by atoms with Crippen LogP contribution in [0.4, 0.5) is 13.2 Å². The van der Waals surface area contributed by atoms with Gasteiger partial charge in [0.15, 0.2) is 11.7 Å². The maximum atomic E-state index is 13.0. The van der Waals surface area contributed by atoms with Gasteiger partial charge in [-0.3, -0.25) is 19.2 Å². The van der Waals surface area contributed by atoms with E-state index in [9.17, 15) is 32.3 Å². The molecule has 2 fully saturated rings. The SMILES string of the molecule is CC1CC(=O)C(C(=O)NCC(=O)O)C(=O)N1C1(c2ccc(C(F)(F)F)cc2)CC1. The van der Waals surface area contributed by atoms with E-state index in [1.165, 1.54) is 17.0 Å². The smallest absolute Gasteiger partial charge is 0.416 e. The van der Waals surface area contributed by atoms with Crippen LogP contribution in [0, 0.1) is 5.92 Å². The normalized spacial score (nSPS) is 23.7. The van der Waals surface area contributed by atoms with E-state index in [1.807, 2.05) is 0 Å². The summed E-state index contributed by atoms with van der Waals surface area (Å²) >= 11 is 0. The van der Waals surface area contributed by atoms with Gasteiger partial charge in [0, 0.05) is 12.5 Å². The Morgan fingerprint density at radius 1 is 1.21 bits per heavy atom. The van der Waals surface area contributed by atoms with E-state index >= 15 is 0 Å². The van der Waals surface area contributed by atoms with Crippen molar-refractivity contribution in [1.29, 1.82) is 0 Å². The highest BCUT2D eigenvalue weighted by Gasteiger charge is 2.58. The first-order valence-corrected chi connectivity index (χ1v) is 9.00. The number of aliphatic carboxylic acids is 1. The van der Waals surface area contributed by atoms with Crippen LogP contribution in [0.2, 0.25) is 0 Å². The molecule has 0 bridgehead atoms. The molecule has 29 heavy (non-hydrogen) atoms. The number of ketones is 1. The molecule has 1 aliphatic carbocycles. The predicted molar refractivity (Wildman–Crippen MR) is 92.4 cm³/mol. The van der Waals surface area contributed by atoms with Gasteiger partial charge in [-0.2, -0.15) is 13.2 Å². The van der Waals surface area contributed by atoms with E-state index in [-0.39, 0.29) is 6.42 Å². The number of nitrogens with one attached hydrogen (secondary N) is 1. The fourth-order valence-electron chi connectivity index (χ4n) is 3.91. The van der Waals surface area contributed by atoms with Crippen molar-refractivity contribution in [2.24, 2.45) is 5.92 Å². The van der Waals surface area contributed by atoms with Crippen molar-refractivity contribution < 1.29 is 37.5 Å². The molecule has 2 atom stereocenters. The molecule has 1 heterocycles. The van der Waals surface area contributed by atoms with Crippen LogP contribution in [-0.4, -0.2) is 46.2 Å². The second-order valence-corrected chi connectivity index (χ2v) is 7.38. The standard InChI is InChI=1S/C19H19F3N2O5/c1-10-8-13(25)15(16(28)23-9-14(26)27)17(29)24(10)18(6-7-18)11-2-4-12(5-3-11)19(20,21)22/h2-5,10,15H,6-9H2,1H3,(H,23,28)(H,26,27). The third kappa shape index (κ3) is 3.83. The van der Waals surface area contributed by atoms with Gasteiger partial charge >= 0.3 is 12.1 Å². The Bertz CT molecular complexity index is 862. The molecular weight excluding hydrogens is 393 g/mol. The van der Waals surface area contributed by atoms with Crippen molar-refractivity contribution in [1.82, 2.24) is 10.2 Å². The summed E-state index contributed by atoms with van der Waals surface area (Å²) in [5.41, 5.74) is -1.17. The number of hydrogen-bond donors (Lipinski definition) is 2. The van der Waals surface area contributed by atoms with Gasteiger partial charge in [-0.1, -0.05) is 12.1 Å². The van der Waals surface area contributed by atoms with Crippen molar-refractivity contribution in [2.75, 3.05) is 6.54 Å². The van der Waals surface area contributed by atoms with Crippen LogP contribution in [0.25, 0.3) is 0 Å². The summed E-state index contributed by atoms with van der Waals surface area (Å²) in [6.07, 6.45) is -3.60. The third-order valence-electron chi connectivity index (χ3n) is 5.35. The number of Topliss-reactive ketones (excluding diaryl/α,β-unsaturated/α-hetero) is 1. The van der Waals surface area contributed by atoms with Crippen molar-refractivity contribution in [3.63, 3.8) is 0 Å². The maximum absolute atomic E-state index is 13.0. The van der Waals surface area contributed by atoms with Gasteiger partial charge in [0.25, 0.3) is 0 Å². The highest BCUT2D eigenvalue weighted by Crippen LogP contribution is 2.53. The monoisotopic (exact) mass is 412 g/mol. The minimum atomic E-state index is -4.48. The zero-order valence-electron chi connectivity index (χ0n) is 15.5. The number of amides is 2. The number of alkyl halides is 3. The number of carbonyl (C=O) groups is 4. The Labute approximate surface area is 163 Å². The Morgan fingerprint density at radius 3 is 2.28 bits per heavy atom. The number of carbonyl (C=O) groups excluding carboxylic acids is 3. The Balaban J connectivity index is 1.88. The molecule has 2 N–H and O–H groups in total. The minimum absolute atomic E-state index is 0.0979. The molecule has 2 unspecified atom stereocenters. The number of rotatable bonds is 5. The number of nitrogens with zero attached hydrogens (tertiary/aromatic N) is 1. The highest BCUT2D eigenvalue weighted by atomic mass is 19.4. The molecule has 1 aromatic rings. The second-order valence-electron chi connectivity index (χ2n) is 7.38. The summed E-state index contributed by atoms with van der Waals surface area (Å²) in [4.78, 5) is 49.6. The van der Waals surface area contributed by atoms with Gasteiger partial charge in [-0.05, 0) is 37.5 Å². The Hall–Kier alpha value is -2.91. The fraction of sp³-hybridized carbons (Fsp3) is 0.474. The first-order valence-electron chi connectivity index (χ1n) is 9.00. The molecule has 156 valence electrons. The van der Waals surface area contributed by atoms with Crippen molar-refractivity contribution in [3.8, 4) is 0 Å². The van der Waals surface area contributed by atoms with E-state index in [4.69, 9.17) is 5.11 Å². The summed E-state index contributed by atoms with van der Waals surface area (Å²) in [6, 6.07) is 3.97. The molecule has 0 spiro atoms. The topological polar surface area (TPSA) is 104 Å². The zero-order valence-corrected chi connectivity index (χ0v) is 15.5. The van der Waals surface area contributed by atoms with E-state index in [0.717, 1.165) is 12.1 Å². The fourth-order valence-corrected chi connectivity index (χ4v) is 3.91. The highest BCUT2D eigenvalue weighted by molar-refractivity contribution is 6.20. The lowest BCUT2D eigenvalue weighted by Crippen LogP contribution is -2.59. The van der Waals surface area contributed by atoms with Crippen molar-refractivity contribution in [3.05, 3.63) is 35.4 Å². The second kappa shape index (κ2) is 7.16. The molecule has 1 saturated carbocycles. The number of carboxylic acids is 1. The lowest BCUT2D eigenvalue weighted by molar-refractivity contribution is -0.157. The van der Waals surface area contributed by atoms with E-state index in [2.05, 4.69) is 5.32 Å². The lowest BCUT2D eigenvalue weighted by atomic mass is 9.86. The number of carboxylic acid groups (broad SMARTS) is 1. The first kappa shape index (κ1) is 20.8. The molecule has 0 aromatic heterocycles. The van der Waals surface area contributed by atoms with Gasteiger partial charge in [-0.25, -0.2) is 0 Å². The summed E-state index contributed by atoms with van der Waals surface area (Å²) < 4.78 is 38.5. The van der Waals surface area contributed by atoms with Crippen LogP contribution in [0.15, 0.2) is 24.3 Å². The van der Waals surface area contributed by atoms with E-state index in [1.54, 1.807) is 6.92 Å². The molecule has 2 amide bonds. The van der Waals surface area contributed by atoms with E-state index < -0.39 is 59.4 Å². The number of hydrogen-bond acceptors (Lipinski definition) is 4. The van der Waals surface area contributed by atoms with Crippen LogP contribution in [-0.2, 0) is 30.9 Å². The third-order valence-corrected chi connectivity index (χ3v) is 5.35. The summed E-state index contributed by atoms with van der Waals surface area (Å²) in [5, 5.41) is 10.7. The largest absolute Gasteiger partial charge is 0.480 e. The molecule has 7 nitrogen and oxygen atoms in total. The Kier molecular flexibility index (Phi) is 5.14. The van der Waals surface area contributed by atoms with Crippen LogP contribution in [0.5, 0.6) is 0 Å². The molecule has 3 rings (SSSR count). The van der Waals surface area contributed by atoms with Crippen LogP contribution in [0.3, 0.4) is 0 Å². The summed E-state index contributed by atoms with van der Waals surface area (Å²) in [6.45, 7) is 0.917. The summed E-state index contributed by atoms with van der Waals surface area (Å²) in [7, 11) is 0. The molecule has 2 aliphatic rings. The maximum Gasteiger partial charge on any atom is 0.416 e. The minimum Gasteiger partial charge on any atom is -0.480 e. The van der Waals surface area contributed by atoms with Crippen LogP contribution in [0.1, 0.15) is 37.3 Å². The first-order chi connectivity index (χ1) is 13.5. The van der Waals surface area contributed by atoms with Crippen LogP contribution >= 0.6 is 0 Å². The van der Waals surface area contributed by atoms with E-state index in [0.29, 0.717) is 18.4 Å². The van der Waals surface area contributed by atoms with Crippen molar-refractivity contribution >= 4 is 23.6 Å². The van der Waals surface area contributed by atoms with Gasteiger partial charge in [0.2, 0.25) is 11.8 Å². The molecule has 0 radical (unpaired) electrons. The number of likely N-dealkylation sites (tertiary alicyclic amines) is 1. The van der Waals surface area contributed by atoms with Crippen molar-refractivity contribution in [2.45, 2.75) is 43.9 Å². The van der Waals surface area contributed by atoms with Gasteiger partial charge in [0.05, 0.1) is 11.1 Å². The number of piperidine rings is 1. The lowest BCUT2D eigenvalue weighted by Gasteiger charge is -2.42. The molecule has 1 aromatic carbocycles. The zero-order chi connectivity index (χ0) is 21.6. The molecular formula is C19H19F3N2O5. The quantitative estimate of drug-likeness (QED) is 0.717. The molecule has 10 heteroatoms. The van der Waals surface area contributed by atoms with Gasteiger partial charge in [0.1, 0.15) is 6.54 Å². The summed E-state index contributed by atoms with van der Waals surface area (Å²) in [5.74, 6) is -5.32. The van der Waals surface area contributed by atoms with Crippen LogP contribution < -0.4 is 5.32 Å². The predicted octanol–water partition coefficient (Wildman–Crippen LogP) is 1.70. The average molecular weight is 412 g/mol. The number of benzene rings is 1. The van der Waals surface area contributed by atoms with Gasteiger partial charge < -0.3 is 15.3 Å². The molecule has 1 aliphatic heterocycles.